The molecule has 0 bridgehead atoms. The van der Waals surface area contributed by atoms with Crippen LogP contribution in [0, 0.1) is 12.7 Å². The predicted molar refractivity (Wildman–Crippen MR) is 153 cm³/mol. The molecule has 13 heteroatoms. The monoisotopic (exact) mass is 573 g/mol. The lowest BCUT2D eigenvalue weighted by molar-refractivity contribution is -0.129. The van der Waals surface area contributed by atoms with Crippen molar-refractivity contribution in [3.8, 4) is 11.1 Å². The van der Waals surface area contributed by atoms with Gasteiger partial charge in [-0.2, -0.15) is 15.3 Å². The number of likely N-dealkylation sites (tertiary alicyclic amines) is 1. The molecule has 4 heterocycles. The number of nitrogens with zero attached hydrogens (tertiary/aromatic N) is 7. The summed E-state index contributed by atoms with van der Waals surface area (Å²) in [5.41, 5.74) is 3.34. The Morgan fingerprint density at radius 3 is 2.67 bits per heavy atom. The van der Waals surface area contributed by atoms with Crippen LogP contribution in [0.25, 0.3) is 32.9 Å². The predicted octanol–water partition coefficient (Wildman–Crippen LogP) is 2.73. The zero-order valence-electron chi connectivity index (χ0n) is 23.6. The average molecular weight is 574 g/mol. The van der Waals surface area contributed by atoms with Crippen LogP contribution in [-0.2, 0) is 23.2 Å². The number of carbonyl (C=O) groups excluding carboxylic acids is 2. The number of rotatable bonds is 7. The SMILES string of the molecule is CC(=O)N1CCC(c2nn(CC(=O)N[C@H](CO)c3n[nH]c(C)n3)c3cccc(-c4cc5c(cnn5C)cc4F)c23)CC1. The number of hydrogen-bond acceptors (Lipinski definition) is 7. The highest BCUT2D eigenvalue weighted by Gasteiger charge is 2.29. The third-order valence-electron chi connectivity index (χ3n) is 7.99. The van der Waals surface area contributed by atoms with Crippen molar-refractivity contribution < 1.29 is 19.1 Å². The maximum absolute atomic E-state index is 15.6. The van der Waals surface area contributed by atoms with Gasteiger partial charge in [-0.3, -0.25) is 24.1 Å². The molecule has 0 radical (unpaired) electrons. The van der Waals surface area contributed by atoms with Crippen molar-refractivity contribution >= 4 is 33.6 Å². The first-order valence-electron chi connectivity index (χ1n) is 13.9. The third-order valence-corrected chi connectivity index (χ3v) is 7.99. The largest absolute Gasteiger partial charge is 0.394 e. The van der Waals surface area contributed by atoms with Crippen molar-refractivity contribution in [1.29, 1.82) is 0 Å². The van der Waals surface area contributed by atoms with E-state index in [1.807, 2.05) is 30.1 Å². The van der Waals surface area contributed by atoms with Gasteiger partial charge in [-0.05, 0) is 43.5 Å². The van der Waals surface area contributed by atoms with Crippen molar-refractivity contribution in [2.45, 2.75) is 45.2 Å². The second kappa shape index (κ2) is 11.0. The Hall–Kier alpha value is -4.65. The number of carbonyl (C=O) groups is 2. The van der Waals surface area contributed by atoms with Crippen molar-refractivity contribution in [2.75, 3.05) is 19.7 Å². The van der Waals surface area contributed by atoms with E-state index in [-0.39, 0.29) is 42.5 Å². The number of amides is 2. The van der Waals surface area contributed by atoms with E-state index in [1.165, 1.54) is 6.07 Å². The van der Waals surface area contributed by atoms with E-state index in [4.69, 9.17) is 5.10 Å². The highest BCUT2D eigenvalue weighted by molar-refractivity contribution is 6.00. The second-order valence-corrected chi connectivity index (χ2v) is 10.8. The minimum Gasteiger partial charge on any atom is -0.394 e. The number of halogens is 1. The minimum atomic E-state index is -0.782. The number of hydrogen-bond donors (Lipinski definition) is 3. The summed E-state index contributed by atoms with van der Waals surface area (Å²) in [6.45, 7) is 3.99. The Balaban J connectivity index is 1.42. The summed E-state index contributed by atoms with van der Waals surface area (Å²) in [5, 5.41) is 30.1. The van der Waals surface area contributed by atoms with Crippen molar-refractivity contribution in [2.24, 2.45) is 7.05 Å². The fourth-order valence-corrected chi connectivity index (χ4v) is 5.82. The number of aromatic nitrogens is 7. The average Bonchev–Trinajstić information content (AvgIpc) is 3.68. The zero-order valence-corrected chi connectivity index (χ0v) is 23.6. The molecule has 6 rings (SSSR count). The van der Waals surface area contributed by atoms with Crippen molar-refractivity contribution in [3.63, 3.8) is 0 Å². The lowest BCUT2D eigenvalue weighted by Gasteiger charge is -2.30. The van der Waals surface area contributed by atoms with E-state index in [2.05, 4.69) is 25.6 Å². The van der Waals surface area contributed by atoms with E-state index >= 15 is 4.39 Å². The molecule has 0 spiro atoms. The molecule has 5 aromatic rings. The number of aromatic amines is 1. The maximum atomic E-state index is 15.6. The standard InChI is InChI=1S/C29H32FN9O3/c1-16-32-29(35-34-16)23(15-40)33-26(42)14-39-24-6-4-5-20(21-12-25-19(11-22(21)30)13-31-37(25)3)27(24)28(36-39)18-7-9-38(10-8-18)17(2)41/h4-6,11-13,18,23,40H,7-10,14-15H2,1-3H3,(H,33,42)(H,32,34,35)/t23-/m1/s1. The van der Waals surface area contributed by atoms with Crippen molar-refractivity contribution in [1.82, 2.24) is 45.0 Å². The normalized spacial score (nSPS) is 15.0. The molecule has 2 amide bonds. The number of aryl methyl sites for hydroxylation is 2. The second-order valence-electron chi connectivity index (χ2n) is 10.8. The summed E-state index contributed by atoms with van der Waals surface area (Å²) >= 11 is 0. The Kier molecular flexibility index (Phi) is 7.19. The van der Waals surface area contributed by atoms with Gasteiger partial charge in [0.1, 0.15) is 24.2 Å². The topological polar surface area (TPSA) is 147 Å². The molecule has 1 aliphatic heterocycles. The van der Waals surface area contributed by atoms with Gasteiger partial charge in [-0.1, -0.05) is 12.1 Å². The van der Waals surface area contributed by atoms with Gasteiger partial charge >= 0.3 is 0 Å². The number of benzene rings is 2. The molecular formula is C29H32FN9O3. The number of aliphatic hydroxyl groups is 1. The van der Waals surface area contributed by atoms with Gasteiger partial charge in [0.2, 0.25) is 11.8 Å². The van der Waals surface area contributed by atoms with Gasteiger partial charge in [0.15, 0.2) is 5.82 Å². The highest BCUT2D eigenvalue weighted by Crippen LogP contribution is 2.39. The molecule has 1 atom stereocenters. The fraction of sp³-hybridized carbons (Fsp3) is 0.379. The van der Waals surface area contributed by atoms with Crippen LogP contribution in [0.3, 0.4) is 0 Å². The molecule has 3 N–H and O–H groups in total. The van der Waals surface area contributed by atoms with Crippen LogP contribution in [0.15, 0.2) is 36.5 Å². The van der Waals surface area contributed by atoms with Crippen LogP contribution in [-0.4, -0.2) is 76.3 Å². The molecule has 12 nitrogen and oxygen atoms in total. The van der Waals surface area contributed by atoms with Gasteiger partial charge in [0.25, 0.3) is 0 Å². The van der Waals surface area contributed by atoms with Crippen molar-refractivity contribution in [3.05, 3.63) is 59.7 Å². The van der Waals surface area contributed by atoms with E-state index in [0.29, 0.717) is 53.8 Å². The molecule has 0 saturated carbocycles. The molecule has 1 saturated heterocycles. The summed E-state index contributed by atoms with van der Waals surface area (Å²) in [4.78, 5) is 31.2. The summed E-state index contributed by atoms with van der Waals surface area (Å²) in [7, 11) is 1.81. The van der Waals surface area contributed by atoms with Crippen LogP contribution in [0.1, 0.15) is 49.1 Å². The van der Waals surface area contributed by atoms with Gasteiger partial charge < -0.3 is 15.3 Å². The molecule has 42 heavy (non-hydrogen) atoms. The Morgan fingerprint density at radius 1 is 1.19 bits per heavy atom. The number of aliphatic hydroxyl groups excluding tert-OH is 1. The number of fused-ring (bicyclic) bond motifs is 2. The minimum absolute atomic E-state index is 0.0125. The quantitative estimate of drug-likeness (QED) is 0.271. The van der Waals surface area contributed by atoms with E-state index < -0.39 is 6.04 Å². The number of piperidine rings is 1. The molecule has 3 aromatic heterocycles. The van der Waals surface area contributed by atoms with E-state index in [1.54, 1.807) is 35.5 Å². The van der Waals surface area contributed by atoms with Gasteiger partial charge in [0.05, 0.1) is 29.5 Å². The summed E-state index contributed by atoms with van der Waals surface area (Å²) in [5.74, 6) is 0.145. The first-order chi connectivity index (χ1) is 20.2. The zero-order chi connectivity index (χ0) is 29.5. The molecular weight excluding hydrogens is 541 g/mol. The van der Waals surface area contributed by atoms with Crippen LogP contribution >= 0.6 is 0 Å². The third kappa shape index (κ3) is 5.00. The first-order valence-corrected chi connectivity index (χ1v) is 13.9. The Bertz CT molecular complexity index is 1800. The molecule has 2 aromatic carbocycles. The first kappa shape index (κ1) is 27.5. The fourth-order valence-electron chi connectivity index (χ4n) is 5.82. The van der Waals surface area contributed by atoms with Crippen LogP contribution < -0.4 is 5.32 Å². The van der Waals surface area contributed by atoms with E-state index in [0.717, 1.165) is 16.6 Å². The molecule has 0 aliphatic carbocycles. The Labute approximate surface area is 240 Å². The lowest BCUT2D eigenvalue weighted by Crippen LogP contribution is -2.36. The maximum Gasteiger partial charge on any atom is 0.242 e. The van der Waals surface area contributed by atoms with Crippen LogP contribution in [0.5, 0.6) is 0 Å². The molecule has 0 unspecified atom stereocenters. The molecule has 1 fully saturated rings. The summed E-state index contributed by atoms with van der Waals surface area (Å²) in [6, 6.07) is 8.07. The molecule has 1 aliphatic rings. The summed E-state index contributed by atoms with van der Waals surface area (Å²) in [6.07, 6.45) is 3.03. The highest BCUT2D eigenvalue weighted by atomic mass is 19.1. The van der Waals surface area contributed by atoms with Crippen LogP contribution in [0.4, 0.5) is 4.39 Å². The lowest BCUT2D eigenvalue weighted by atomic mass is 9.89. The molecule has 218 valence electrons. The smallest absolute Gasteiger partial charge is 0.242 e. The number of nitrogens with one attached hydrogen (secondary N) is 2. The van der Waals surface area contributed by atoms with Gasteiger partial charge in [0, 0.05) is 49.3 Å². The number of H-pyrrole nitrogens is 1. The van der Waals surface area contributed by atoms with Gasteiger partial charge in [-0.25, -0.2) is 9.37 Å². The summed E-state index contributed by atoms with van der Waals surface area (Å²) < 4.78 is 18.9. The Morgan fingerprint density at radius 2 is 1.98 bits per heavy atom. The van der Waals surface area contributed by atoms with Gasteiger partial charge in [-0.15, -0.1) is 0 Å². The van der Waals surface area contributed by atoms with E-state index in [9.17, 15) is 14.7 Å². The van der Waals surface area contributed by atoms with Crippen LogP contribution in [0.2, 0.25) is 0 Å².